The van der Waals surface area contributed by atoms with Crippen molar-refractivity contribution in [2.75, 3.05) is 6.54 Å². The first-order valence-corrected chi connectivity index (χ1v) is 7.00. The molecule has 0 radical (unpaired) electrons. The number of carbonyl (C=O) groups excluding carboxylic acids is 2. The first-order valence-electron chi connectivity index (χ1n) is 7.00. The molecule has 5 nitrogen and oxygen atoms in total. The van der Waals surface area contributed by atoms with Crippen molar-refractivity contribution in [2.45, 2.75) is 38.1 Å². The summed E-state index contributed by atoms with van der Waals surface area (Å²) in [6.07, 6.45) is 6.33. The van der Waals surface area contributed by atoms with Crippen molar-refractivity contribution in [3.05, 3.63) is 18.0 Å². The smallest absolute Gasteiger partial charge is 0.274 e. The molecule has 0 aromatic carbocycles. The van der Waals surface area contributed by atoms with E-state index in [1.54, 1.807) is 24.0 Å². The molecular formula is C14H19N3O2. The van der Waals surface area contributed by atoms with Crippen LogP contribution in [0.2, 0.25) is 0 Å². The van der Waals surface area contributed by atoms with E-state index in [1.165, 1.54) is 0 Å². The average molecular weight is 261 g/mol. The number of hydrogen-bond donors (Lipinski definition) is 0. The minimum absolute atomic E-state index is 0.0252. The second-order valence-electron chi connectivity index (χ2n) is 5.55. The van der Waals surface area contributed by atoms with Gasteiger partial charge in [-0.05, 0) is 31.7 Å². The molecule has 0 N–H and O–H groups in total. The zero-order chi connectivity index (χ0) is 13.4. The largest absolute Gasteiger partial charge is 0.334 e. The molecule has 1 aliphatic carbocycles. The Hall–Kier alpha value is -1.65. The van der Waals surface area contributed by atoms with Crippen LogP contribution >= 0.6 is 0 Å². The maximum absolute atomic E-state index is 12.5. The van der Waals surface area contributed by atoms with Crippen molar-refractivity contribution in [1.29, 1.82) is 0 Å². The standard InChI is InChI=1S/C14H19N3O2/c1-16-9-7-11(15-16)14(19)17-8-3-5-12(17)10-4-2-6-13(10)18/h7,9-10,12H,2-6,8H2,1H3. The van der Waals surface area contributed by atoms with Crippen LogP contribution < -0.4 is 0 Å². The lowest BCUT2D eigenvalue weighted by molar-refractivity contribution is -0.121. The van der Waals surface area contributed by atoms with E-state index in [9.17, 15) is 9.59 Å². The van der Waals surface area contributed by atoms with Crippen molar-refractivity contribution in [1.82, 2.24) is 14.7 Å². The fourth-order valence-electron chi connectivity index (χ4n) is 3.39. The maximum atomic E-state index is 12.5. The van der Waals surface area contributed by atoms with Crippen LogP contribution in [0, 0.1) is 5.92 Å². The number of Topliss-reactive ketones (excluding diaryl/α,β-unsaturated/α-hetero) is 1. The normalized spacial score (nSPS) is 27.2. The predicted molar refractivity (Wildman–Crippen MR) is 69.6 cm³/mol. The first kappa shape index (κ1) is 12.4. The van der Waals surface area contributed by atoms with Gasteiger partial charge >= 0.3 is 0 Å². The highest BCUT2D eigenvalue weighted by molar-refractivity contribution is 5.93. The van der Waals surface area contributed by atoms with Gasteiger partial charge in [0.05, 0.1) is 0 Å². The van der Waals surface area contributed by atoms with E-state index < -0.39 is 0 Å². The summed E-state index contributed by atoms with van der Waals surface area (Å²) in [5, 5.41) is 4.18. The van der Waals surface area contributed by atoms with Gasteiger partial charge in [0, 0.05) is 38.2 Å². The monoisotopic (exact) mass is 261 g/mol. The van der Waals surface area contributed by atoms with Crippen molar-refractivity contribution >= 4 is 11.7 Å². The summed E-state index contributed by atoms with van der Waals surface area (Å²) < 4.78 is 1.64. The second kappa shape index (κ2) is 4.79. The molecule has 2 aliphatic rings. The van der Waals surface area contributed by atoms with E-state index in [1.807, 2.05) is 4.90 Å². The average Bonchev–Trinajstić information content (AvgIpc) is 3.07. The summed E-state index contributed by atoms with van der Waals surface area (Å²) in [7, 11) is 1.80. The van der Waals surface area contributed by atoms with Crippen LogP contribution in [0.15, 0.2) is 12.3 Å². The highest BCUT2D eigenvalue weighted by Crippen LogP contribution is 2.33. The molecule has 1 aromatic heterocycles. The molecular weight excluding hydrogens is 242 g/mol. The molecule has 1 aromatic rings. The van der Waals surface area contributed by atoms with Gasteiger partial charge in [-0.15, -0.1) is 0 Å². The van der Waals surface area contributed by atoms with Gasteiger partial charge in [0.25, 0.3) is 5.91 Å². The topological polar surface area (TPSA) is 55.2 Å². The van der Waals surface area contributed by atoms with E-state index in [2.05, 4.69) is 5.10 Å². The molecule has 1 aliphatic heterocycles. The molecule has 2 fully saturated rings. The van der Waals surface area contributed by atoms with E-state index in [4.69, 9.17) is 0 Å². The summed E-state index contributed by atoms with van der Waals surface area (Å²) >= 11 is 0. The molecule has 102 valence electrons. The quantitative estimate of drug-likeness (QED) is 0.808. The molecule has 2 unspecified atom stereocenters. The van der Waals surface area contributed by atoms with Gasteiger partial charge in [-0.1, -0.05) is 0 Å². The zero-order valence-electron chi connectivity index (χ0n) is 11.2. The maximum Gasteiger partial charge on any atom is 0.274 e. The van der Waals surface area contributed by atoms with Gasteiger partial charge < -0.3 is 4.90 Å². The molecule has 0 bridgehead atoms. The number of hydrogen-bond acceptors (Lipinski definition) is 3. The molecule has 2 heterocycles. The van der Waals surface area contributed by atoms with Gasteiger partial charge in [-0.2, -0.15) is 5.10 Å². The Labute approximate surface area is 112 Å². The minimum atomic E-state index is -0.0252. The number of aromatic nitrogens is 2. The lowest BCUT2D eigenvalue weighted by atomic mass is 9.95. The fourth-order valence-corrected chi connectivity index (χ4v) is 3.39. The molecule has 19 heavy (non-hydrogen) atoms. The summed E-state index contributed by atoms with van der Waals surface area (Å²) in [6, 6.07) is 1.85. The third-order valence-corrected chi connectivity index (χ3v) is 4.31. The molecule has 2 atom stereocenters. The molecule has 3 rings (SSSR count). The van der Waals surface area contributed by atoms with Crippen LogP contribution in [0.1, 0.15) is 42.6 Å². The Bertz CT molecular complexity index is 509. The summed E-state index contributed by atoms with van der Waals surface area (Å²) in [5.74, 6) is 0.378. The third kappa shape index (κ3) is 2.17. The van der Waals surface area contributed by atoms with Crippen LogP contribution in [-0.4, -0.2) is 39.0 Å². The molecule has 0 spiro atoms. The number of likely N-dealkylation sites (tertiary alicyclic amines) is 1. The number of ketones is 1. The highest BCUT2D eigenvalue weighted by atomic mass is 16.2. The Kier molecular flexibility index (Phi) is 3.12. The van der Waals surface area contributed by atoms with Gasteiger partial charge in [0.2, 0.25) is 0 Å². The van der Waals surface area contributed by atoms with Gasteiger partial charge in [-0.3, -0.25) is 14.3 Å². The van der Waals surface area contributed by atoms with Crippen LogP contribution in [0.5, 0.6) is 0 Å². The van der Waals surface area contributed by atoms with Crippen molar-refractivity contribution in [3.8, 4) is 0 Å². The summed E-state index contributed by atoms with van der Waals surface area (Å²) in [4.78, 5) is 26.3. The Morgan fingerprint density at radius 3 is 2.84 bits per heavy atom. The van der Waals surface area contributed by atoms with Crippen molar-refractivity contribution < 1.29 is 9.59 Å². The summed E-state index contributed by atoms with van der Waals surface area (Å²) in [6.45, 7) is 0.754. The fraction of sp³-hybridized carbons (Fsp3) is 0.643. The van der Waals surface area contributed by atoms with E-state index >= 15 is 0 Å². The minimum Gasteiger partial charge on any atom is -0.334 e. The van der Waals surface area contributed by atoms with Gasteiger partial charge in [-0.25, -0.2) is 0 Å². The van der Waals surface area contributed by atoms with Crippen LogP contribution in [0.3, 0.4) is 0 Å². The van der Waals surface area contributed by atoms with Crippen molar-refractivity contribution in [3.63, 3.8) is 0 Å². The number of amides is 1. The zero-order valence-corrected chi connectivity index (χ0v) is 11.2. The highest BCUT2D eigenvalue weighted by Gasteiger charge is 2.40. The first-order chi connectivity index (χ1) is 9.16. The lowest BCUT2D eigenvalue weighted by Crippen LogP contribution is -2.41. The Morgan fingerprint density at radius 1 is 1.37 bits per heavy atom. The second-order valence-corrected chi connectivity index (χ2v) is 5.55. The lowest BCUT2D eigenvalue weighted by Gasteiger charge is -2.28. The van der Waals surface area contributed by atoms with Gasteiger partial charge in [0.1, 0.15) is 11.5 Å². The van der Waals surface area contributed by atoms with Crippen LogP contribution in [-0.2, 0) is 11.8 Å². The number of nitrogens with zero attached hydrogens (tertiary/aromatic N) is 3. The predicted octanol–water partition coefficient (Wildman–Crippen LogP) is 1.39. The van der Waals surface area contributed by atoms with E-state index in [0.717, 1.165) is 32.2 Å². The summed E-state index contributed by atoms with van der Waals surface area (Å²) in [5.41, 5.74) is 0.486. The Balaban J connectivity index is 1.79. The van der Waals surface area contributed by atoms with Crippen LogP contribution in [0.25, 0.3) is 0 Å². The van der Waals surface area contributed by atoms with E-state index in [0.29, 0.717) is 17.9 Å². The number of rotatable bonds is 2. The van der Waals surface area contributed by atoms with E-state index in [-0.39, 0.29) is 17.9 Å². The molecule has 1 saturated carbocycles. The molecule has 5 heteroatoms. The Morgan fingerprint density at radius 2 is 2.21 bits per heavy atom. The SMILES string of the molecule is Cn1ccc(C(=O)N2CCCC2C2CCCC2=O)n1. The molecule has 1 saturated heterocycles. The number of carbonyl (C=O) groups is 2. The third-order valence-electron chi connectivity index (χ3n) is 4.31. The van der Waals surface area contributed by atoms with Crippen LogP contribution in [0.4, 0.5) is 0 Å². The van der Waals surface area contributed by atoms with Crippen molar-refractivity contribution in [2.24, 2.45) is 13.0 Å². The number of aryl methyl sites for hydroxylation is 1. The molecule has 1 amide bonds. The van der Waals surface area contributed by atoms with Gasteiger partial charge in [0.15, 0.2) is 0 Å².